The van der Waals surface area contributed by atoms with Crippen molar-refractivity contribution >= 4 is 5.91 Å². The highest BCUT2D eigenvalue weighted by Gasteiger charge is 2.62. The highest BCUT2D eigenvalue weighted by molar-refractivity contribution is 5.85. The molecule has 4 nitrogen and oxygen atoms in total. The zero-order valence-electron chi connectivity index (χ0n) is 17.6. The molecule has 1 amide bonds. The van der Waals surface area contributed by atoms with E-state index in [1.54, 1.807) is 6.07 Å². The van der Waals surface area contributed by atoms with Gasteiger partial charge in [-0.1, -0.05) is 56.3 Å². The van der Waals surface area contributed by atoms with Crippen LogP contribution in [-0.4, -0.2) is 42.6 Å². The summed E-state index contributed by atoms with van der Waals surface area (Å²) in [4.78, 5) is 15.1. The summed E-state index contributed by atoms with van der Waals surface area (Å²) in [5.41, 5.74) is 3.21. The van der Waals surface area contributed by atoms with Gasteiger partial charge >= 0.3 is 0 Å². The first-order valence-electron chi connectivity index (χ1n) is 10.0. The standard InChI is InChI=1S/C24H32N2O2/c1-16-13-18(11-12-21(16)27)14-20(26(4)5)15-25-23(28)22-17(2)24(22,3)19-9-7-6-8-10-19/h6-13,17,20,22,27H,14-15H2,1-5H3,(H,25,28)/t17-,20-,22?,24+/m0/s1. The topological polar surface area (TPSA) is 52.6 Å². The van der Waals surface area contributed by atoms with Crippen molar-refractivity contribution in [3.05, 3.63) is 65.2 Å². The van der Waals surface area contributed by atoms with E-state index < -0.39 is 0 Å². The molecule has 0 aromatic heterocycles. The van der Waals surface area contributed by atoms with E-state index >= 15 is 0 Å². The number of amides is 1. The Morgan fingerprint density at radius 1 is 1.21 bits per heavy atom. The van der Waals surface area contributed by atoms with Crippen LogP contribution in [0.1, 0.15) is 30.5 Å². The number of hydrogen-bond donors (Lipinski definition) is 2. The Morgan fingerprint density at radius 3 is 2.50 bits per heavy atom. The summed E-state index contributed by atoms with van der Waals surface area (Å²) in [6.07, 6.45) is 0.824. The Kier molecular flexibility index (Phi) is 5.80. The molecule has 4 heteroatoms. The van der Waals surface area contributed by atoms with E-state index in [4.69, 9.17) is 0 Å². The smallest absolute Gasteiger partial charge is 0.224 e. The quantitative estimate of drug-likeness (QED) is 0.773. The van der Waals surface area contributed by atoms with Crippen molar-refractivity contribution in [2.75, 3.05) is 20.6 Å². The van der Waals surface area contributed by atoms with E-state index in [9.17, 15) is 9.90 Å². The molecule has 3 rings (SSSR count). The molecule has 2 aromatic rings. The Bertz CT molecular complexity index is 834. The van der Waals surface area contributed by atoms with Gasteiger partial charge in [0, 0.05) is 18.0 Å². The number of benzene rings is 2. The average molecular weight is 381 g/mol. The van der Waals surface area contributed by atoms with Gasteiger partial charge in [0.25, 0.3) is 0 Å². The van der Waals surface area contributed by atoms with Crippen molar-refractivity contribution in [1.82, 2.24) is 10.2 Å². The van der Waals surface area contributed by atoms with Gasteiger partial charge in [0.1, 0.15) is 5.75 Å². The van der Waals surface area contributed by atoms with Crippen LogP contribution in [0.5, 0.6) is 5.75 Å². The van der Waals surface area contributed by atoms with Crippen LogP contribution in [0.3, 0.4) is 0 Å². The molecule has 1 aliphatic carbocycles. The lowest BCUT2D eigenvalue weighted by atomic mass is 9.94. The third-order valence-corrected chi connectivity index (χ3v) is 6.64. The molecular weight excluding hydrogens is 348 g/mol. The van der Waals surface area contributed by atoms with E-state index in [1.807, 2.05) is 51.4 Å². The Hall–Kier alpha value is -2.33. The van der Waals surface area contributed by atoms with Gasteiger partial charge in [-0.25, -0.2) is 0 Å². The summed E-state index contributed by atoms with van der Waals surface area (Å²) < 4.78 is 0. The summed E-state index contributed by atoms with van der Waals surface area (Å²) in [6.45, 7) is 6.88. The molecule has 1 aliphatic rings. The van der Waals surface area contributed by atoms with Gasteiger partial charge in [-0.3, -0.25) is 4.79 Å². The minimum atomic E-state index is -0.0764. The summed E-state index contributed by atoms with van der Waals surface area (Å²) in [7, 11) is 4.08. The first kappa shape index (κ1) is 20.4. The molecule has 1 fully saturated rings. The predicted octanol–water partition coefficient (Wildman–Crippen LogP) is 3.51. The molecular formula is C24H32N2O2. The number of carbonyl (C=O) groups excluding carboxylic acids is 1. The number of aromatic hydroxyl groups is 1. The number of aryl methyl sites for hydroxylation is 1. The van der Waals surface area contributed by atoms with Crippen LogP contribution in [0.4, 0.5) is 0 Å². The maximum atomic E-state index is 12.9. The first-order chi connectivity index (χ1) is 13.2. The van der Waals surface area contributed by atoms with Crippen LogP contribution in [0, 0.1) is 18.8 Å². The Balaban J connectivity index is 1.62. The molecule has 28 heavy (non-hydrogen) atoms. The van der Waals surface area contributed by atoms with Gasteiger partial charge in [-0.2, -0.15) is 0 Å². The lowest BCUT2D eigenvalue weighted by molar-refractivity contribution is -0.123. The lowest BCUT2D eigenvalue weighted by Crippen LogP contribution is -2.42. The molecule has 150 valence electrons. The van der Waals surface area contributed by atoms with E-state index in [1.165, 1.54) is 5.56 Å². The maximum Gasteiger partial charge on any atom is 0.224 e. The molecule has 1 saturated carbocycles. The monoisotopic (exact) mass is 380 g/mol. The fraction of sp³-hybridized carbons (Fsp3) is 0.458. The zero-order valence-corrected chi connectivity index (χ0v) is 17.6. The van der Waals surface area contributed by atoms with Gasteiger partial charge in [-0.05, 0) is 56.1 Å². The number of likely N-dealkylation sites (N-methyl/N-ethyl adjacent to an activating group) is 1. The average Bonchev–Trinajstić information content (AvgIpc) is 3.24. The van der Waals surface area contributed by atoms with Gasteiger partial charge in [0.2, 0.25) is 5.91 Å². The van der Waals surface area contributed by atoms with Crippen LogP contribution in [0.25, 0.3) is 0 Å². The van der Waals surface area contributed by atoms with Crippen molar-refractivity contribution < 1.29 is 9.90 Å². The highest BCUT2D eigenvalue weighted by Crippen LogP contribution is 2.59. The van der Waals surface area contributed by atoms with Crippen LogP contribution >= 0.6 is 0 Å². The second-order valence-electron chi connectivity index (χ2n) is 8.60. The fourth-order valence-corrected chi connectivity index (χ4v) is 4.35. The second kappa shape index (κ2) is 7.96. The molecule has 0 aliphatic heterocycles. The first-order valence-corrected chi connectivity index (χ1v) is 10.0. The van der Waals surface area contributed by atoms with Gasteiger partial charge in [0.15, 0.2) is 0 Å². The SMILES string of the molecule is Cc1cc(C[C@@H](CNC(=O)C2[C@H](C)[C@]2(C)c2ccccc2)N(C)C)ccc1O. The molecule has 0 radical (unpaired) electrons. The third-order valence-electron chi connectivity index (χ3n) is 6.64. The number of nitrogens with zero attached hydrogens (tertiary/aromatic N) is 1. The molecule has 0 bridgehead atoms. The molecule has 2 N–H and O–H groups in total. The van der Waals surface area contributed by atoms with E-state index in [-0.39, 0.29) is 23.3 Å². The lowest BCUT2D eigenvalue weighted by Gasteiger charge is -2.25. The number of rotatable bonds is 7. The summed E-state index contributed by atoms with van der Waals surface area (Å²) in [5, 5.41) is 12.9. The van der Waals surface area contributed by atoms with Gasteiger partial charge < -0.3 is 15.3 Å². The summed E-state index contributed by atoms with van der Waals surface area (Å²) in [5.74, 6) is 0.829. The van der Waals surface area contributed by atoms with Crippen molar-refractivity contribution in [1.29, 1.82) is 0 Å². The Labute approximate surface area is 168 Å². The van der Waals surface area contributed by atoms with Crippen molar-refractivity contribution in [3.63, 3.8) is 0 Å². The number of hydrogen-bond acceptors (Lipinski definition) is 3. The van der Waals surface area contributed by atoms with Crippen LogP contribution in [-0.2, 0) is 16.6 Å². The molecule has 0 spiro atoms. The van der Waals surface area contributed by atoms with Crippen molar-refractivity contribution in [3.8, 4) is 5.75 Å². The molecule has 2 aromatic carbocycles. The number of phenols is 1. The number of phenolic OH excluding ortho intramolecular Hbond substituents is 1. The predicted molar refractivity (Wildman–Crippen MR) is 113 cm³/mol. The van der Waals surface area contributed by atoms with E-state index in [0.717, 1.165) is 17.5 Å². The van der Waals surface area contributed by atoms with E-state index in [0.29, 0.717) is 18.2 Å². The molecule has 0 saturated heterocycles. The van der Waals surface area contributed by atoms with E-state index in [2.05, 4.69) is 36.2 Å². The van der Waals surface area contributed by atoms with Gasteiger partial charge in [-0.15, -0.1) is 0 Å². The Morgan fingerprint density at radius 2 is 1.89 bits per heavy atom. The van der Waals surface area contributed by atoms with Crippen LogP contribution in [0.15, 0.2) is 48.5 Å². The van der Waals surface area contributed by atoms with Gasteiger partial charge in [0.05, 0.1) is 5.92 Å². The van der Waals surface area contributed by atoms with Crippen molar-refractivity contribution in [2.24, 2.45) is 11.8 Å². The number of carbonyl (C=O) groups is 1. The van der Waals surface area contributed by atoms with Crippen LogP contribution in [0.2, 0.25) is 0 Å². The molecule has 4 atom stereocenters. The summed E-state index contributed by atoms with van der Waals surface area (Å²) in [6, 6.07) is 16.3. The number of nitrogens with one attached hydrogen (secondary N) is 1. The summed E-state index contributed by atoms with van der Waals surface area (Å²) >= 11 is 0. The molecule has 1 unspecified atom stereocenters. The molecule has 0 heterocycles. The zero-order chi connectivity index (χ0) is 20.5. The fourth-order valence-electron chi connectivity index (χ4n) is 4.35. The second-order valence-corrected chi connectivity index (χ2v) is 8.60. The maximum absolute atomic E-state index is 12.9. The largest absolute Gasteiger partial charge is 0.508 e. The van der Waals surface area contributed by atoms with Crippen molar-refractivity contribution in [2.45, 2.75) is 38.6 Å². The van der Waals surface area contributed by atoms with Crippen LogP contribution < -0.4 is 5.32 Å². The minimum absolute atomic E-state index is 0.0219. The third kappa shape index (κ3) is 3.93. The highest BCUT2D eigenvalue weighted by atomic mass is 16.3. The minimum Gasteiger partial charge on any atom is -0.508 e. The normalized spacial score (nSPS) is 24.8.